The van der Waals surface area contributed by atoms with E-state index in [1.807, 2.05) is 25.1 Å². The molecule has 7 nitrogen and oxygen atoms in total. The zero-order chi connectivity index (χ0) is 33.7. The molecule has 2 aromatic rings. The van der Waals surface area contributed by atoms with E-state index in [0.717, 1.165) is 68.7 Å². The summed E-state index contributed by atoms with van der Waals surface area (Å²) in [5.74, 6) is 1.01. The highest BCUT2D eigenvalue weighted by Gasteiger charge is 2.49. The third-order valence-corrected chi connectivity index (χ3v) is 15.2. The van der Waals surface area contributed by atoms with Gasteiger partial charge in [0.25, 0.3) is 5.91 Å². The normalized spacial score (nSPS) is 34.2. The lowest BCUT2D eigenvalue weighted by atomic mass is 9.60. The highest BCUT2D eigenvalue weighted by atomic mass is 35.5. The van der Waals surface area contributed by atoms with Gasteiger partial charge in [0.15, 0.2) is 0 Å². The predicted molar refractivity (Wildman–Crippen MR) is 191 cm³/mol. The van der Waals surface area contributed by atoms with Gasteiger partial charge in [-0.1, -0.05) is 63.1 Å². The Bertz CT molecular complexity index is 1630. The Morgan fingerprint density at radius 2 is 1.79 bits per heavy atom. The van der Waals surface area contributed by atoms with Gasteiger partial charge >= 0.3 is 0 Å². The number of nitrogens with zero attached hydrogens (tertiary/aromatic N) is 1. The highest BCUT2D eigenvalue weighted by molar-refractivity contribution is 7.90. The molecule has 0 aromatic heterocycles. The van der Waals surface area contributed by atoms with Crippen molar-refractivity contribution < 1.29 is 23.1 Å². The van der Waals surface area contributed by atoms with Crippen molar-refractivity contribution >= 4 is 33.2 Å². The van der Waals surface area contributed by atoms with Gasteiger partial charge in [0.1, 0.15) is 5.75 Å². The van der Waals surface area contributed by atoms with Gasteiger partial charge in [-0.2, -0.15) is 0 Å². The number of benzene rings is 2. The molecule has 1 spiro atoms. The number of hydrogen-bond acceptors (Lipinski definition) is 6. The highest BCUT2D eigenvalue weighted by Crippen LogP contribution is 2.51. The summed E-state index contributed by atoms with van der Waals surface area (Å²) in [6.07, 6.45) is 14.2. The van der Waals surface area contributed by atoms with E-state index in [4.69, 9.17) is 16.3 Å². The zero-order valence-electron chi connectivity index (χ0n) is 28.7. The lowest BCUT2D eigenvalue weighted by Crippen LogP contribution is -2.53. The minimum atomic E-state index is -3.91. The monoisotopic (exact) mass is 696 g/mol. The number of amides is 1. The van der Waals surface area contributed by atoms with Crippen molar-refractivity contribution in [3.8, 4) is 5.75 Å². The fourth-order valence-corrected chi connectivity index (χ4v) is 11.4. The summed E-state index contributed by atoms with van der Waals surface area (Å²) in [6.45, 7) is 5.64. The minimum Gasteiger partial charge on any atom is -0.490 e. The largest absolute Gasteiger partial charge is 0.490 e. The molecule has 262 valence electrons. The molecule has 48 heavy (non-hydrogen) atoms. The van der Waals surface area contributed by atoms with Gasteiger partial charge in [-0.25, -0.2) is 13.1 Å². The number of hydrogen-bond donors (Lipinski definition) is 2. The minimum absolute atomic E-state index is 0.153. The maximum Gasteiger partial charge on any atom is 0.264 e. The number of halogens is 1. The molecular weight excluding hydrogens is 644 g/mol. The number of aryl methyl sites for hydroxylation is 1. The van der Waals surface area contributed by atoms with Gasteiger partial charge in [-0.3, -0.25) is 4.79 Å². The van der Waals surface area contributed by atoms with E-state index in [0.29, 0.717) is 42.6 Å². The summed E-state index contributed by atoms with van der Waals surface area (Å²) in [7, 11) is -3.91. The van der Waals surface area contributed by atoms with Crippen molar-refractivity contribution in [2.45, 2.75) is 120 Å². The van der Waals surface area contributed by atoms with Gasteiger partial charge in [-0.15, -0.1) is 0 Å². The van der Waals surface area contributed by atoms with E-state index in [2.05, 4.69) is 21.8 Å². The van der Waals surface area contributed by atoms with Crippen LogP contribution in [-0.2, 0) is 21.9 Å². The van der Waals surface area contributed by atoms with Crippen LogP contribution in [0.2, 0.25) is 5.02 Å². The van der Waals surface area contributed by atoms with E-state index in [-0.39, 0.29) is 17.3 Å². The first kappa shape index (κ1) is 34.2. The Kier molecular flexibility index (Phi) is 9.57. The first-order chi connectivity index (χ1) is 23.0. The molecule has 0 unspecified atom stereocenters. The van der Waals surface area contributed by atoms with E-state index in [1.165, 1.54) is 43.2 Å². The number of ether oxygens (including phenoxy) is 1. The van der Waals surface area contributed by atoms with Crippen LogP contribution in [0.4, 0.5) is 5.69 Å². The van der Waals surface area contributed by atoms with Crippen LogP contribution in [-0.4, -0.2) is 50.0 Å². The molecule has 2 aliphatic heterocycles. The number of nitrogens with one attached hydrogen (secondary N) is 1. The average Bonchev–Trinajstić information content (AvgIpc) is 3.19. The quantitative estimate of drug-likeness (QED) is 0.333. The second kappa shape index (κ2) is 13.4. The molecule has 2 heterocycles. The number of carbonyl (C=O) groups is 1. The lowest BCUT2D eigenvalue weighted by molar-refractivity contribution is -0.105. The third kappa shape index (κ3) is 6.62. The Hall–Kier alpha value is -2.29. The fraction of sp³-hybridized carbons (Fsp3) is 0.667. The number of rotatable bonds is 2. The molecular formula is C39H53ClN2O5S. The molecule has 1 amide bonds. The van der Waals surface area contributed by atoms with Crippen LogP contribution in [0.3, 0.4) is 0 Å². The van der Waals surface area contributed by atoms with Crippen molar-refractivity contribution in [2.75, 3.05) is 24.6 Å². The maximum absolute atomic E-state index is 13.5. The number of sulfonamides is 1. The second-order valence-electron chi connectivity index (χ2n) is 16.1. The summed E-state index contributed by atoms with van der Waals surface area (Å²) < 4.78 is 36.0. The summed E-state index contributed by atoms with van der Waals surface area (Å²) >= 11 is 6.47. The number of fused-ring (bicyclic) bond motifs is 4. The van der Waals surface area contributed by atoms with Crippen molar-refractivity contribution in [3.05, 3.63) is 58.1 Å². The Morgan fingerprint density at radius 3 is 2.56 bits per heavy atom. The fourth-order valence-electron chi connectivity index (χ4n) is 9.92. The van der Waals surface area contributed by atoms with Crippen LogP contribution in [0.15, 0.2) is 36.4 Å². The van der Waals surface area contributed by atoms with Crippen LogP contribution in [0, 0.1) is 23.7 Å². The van der Waals surface area contributed by atoms with Crippen LogP contribution in [0.1, 0.15) is 119 Å². The van der Waals surface area contributed by atoms with E-state index in [1.54, 1.807) is 13.0 Å². The van der Waals surface area contributed by atoms with Crippen LogP contribution >= 0.6 is 11.6 Å². The van der Waals surface area contributed by atoms with E-state index < -0.39 is 26.8 Å². The van der Waals surface area contributed by atoms with Gasteiger partial charge in [0.2, 0.25) is 10.0 Å². The van der Waals surface area contributed by atoms with Crippen molar-refractivity contribution in [2.24, 2.45) is 23.7 Å². The molecule has 3 aliphatic carbocycles. The SMILES string of the molecule is C[C@@H]1[C@@H](C)CCC[C@@](O)(CC2CCCCC2)[C@@H]2CC[C@H]2CN2C[C@@]3(CCCc4cc(Cl)ccc43)COc3ccc(cc32)C(=O)NS1(=O)=O. The summed E-state index contributed by atoms with van der Waals surface area (Å²) in [5.41, 5.74) is 2.67. The maximum atomic E-state index is 13.5. The number of aliphatic hydroxyl groups is 1. The molecule has 2 saturated carbocycles. The van der Waals surface area contributed by atoms with E-state index >= 15 is 0 Å². The van der Waals surface area contributed by atoms with Gasteiger partial charge < -0.3 is 14.7 Å². The van der Waals surface area contributed by atoms with Crippen molar-refractivity contribution in [3.63, 3.8) is 0 Å². The molecule has 2 N–H and O–H groups in total. The zero-order valence-corrected chi connectivity index (χ0v) is 30.3. The van der Waals surface area contributed by atoms with Crippen molar-refractivity contribution in [1.82, 2.24) is 4.72 Å². The Labute approximate surface area is 292 Å². The van der Waals surface area contributed by atoms with Gasteiger partial charge in [-0.05, 0) is 123 Å². The molecule has 6 atom stereocenters. The number of carbonyl (C=O) groups excluding carboxylic acids is 1. The Balaban J connectivity index is 1.29. The first-order valence-electron chi connectivity index (χ1n) is 18.6. The molecule has 0 saturated heterocycles. The molecule has 2 bridgehead atoms. The van der Waals surface area contributed by atoms with E-state index in [9.17, 15) is 18.3 Å². The topological polar surface area (TPSA) is 95.9 Å². The molecule has 5 aliphatic rings. The first-order valence-corrected chi connectivity index (χ1v) is 20.5. The summed E-state index contributed by atoms with van der Waals surface area (Å²) in [6, 6.07) is 11.6. The molecule has 2 fully saturated rings. The average molecular weight is 697 g/mol. The summed E-state index contributed by atoms with van der Waals surface area (Å²) in [5, 5.41) is 12.7. The predicted octanol–water partition coefficient (Wildman–Crippen LogP) is 7.81. The molecule has 0 radical (unpaired) electrons. The summed E-state index contributed by atoms with van der Waals surface area (Å²) in [4.78, 5) is 16.0. The Morgan fingerprint density at radius 1 is 0.979 bits per heavy atom. The second-order valence-corrected chi connectivity index (χ2v) is 18.6. The standard InChI is InChI=1S/C39H53ClN2O5S/c1-26-8-6-19-39(44,22-28-9-4-3-5-10-28)34-15-12-31(34)23-42-24-38(18-7-11-29-20-32(40)14-16-33(29)38)25-47-36-17-13-30(21-35(36)42)37(43)41-48(45,46)27(26)2/h13-14,16-17,20-21,26-28,31,34,44H,3-12,15,18-19,22-25H2,1-2H3,(H,41,43)/t26-,27+,31-,34+,38-,39+/m0/s1. The van der Waals surface area contributed by atoms with Gasteiger partial charge in [0, 0.05) is 29.1 Å². The molecule has 7 rings (SSSR count). The van der Waals surface area contributed by atoms with Crippen LogP contribution < -0.4 is 14.4 Å². The number of anilines is 1. The van der Waals surface area contributed by atoms with Crippen LogP contribution in [0.5, 0.6) is 5.75 Å². The lowest BCUT2D eigenvalue weighted by Gasteiger charge is -2.51. The third-order valence-electron chi connectivity index (χ3n) is 13.0. The molecule has 9 heteroatoms. The molecule has 2 aromatic carbocycles. The van der Waals surface area contributed by atoms with Crippen LogP contribution in [0.25, 0.3) is 0 Å². The smallest absolute Gasteiger partial charge is 0.264 e. The van der Waals surface area contributed by atoms with Gasteiger partial charge in [0.05, 0.1) is 23.1 Å². The van der Waals surface area contributed by atoms with Crippen molar-refractivity contribution in [1.29, 1.82) is 0 Å².